The second-order valence-corrected chi connectivity index (χ2v) is 13.1. The number of nitrogens with one attached hydrogen (secondary N) is 1. The van der Waals surface area contributed by atoms with Crippen LogP contribution in [0.2, 0.25) is 0 Å². The predicted molar refractivity (Wildman–Crippen MR) is 211 cm³/mol. The quantitative estimate of drug-likeness (QED) is 0.189. The van der Waals surface area contributed by atoms with E-state index < -0.39 is 6.17 Å². The fourth-order valence-electron chi connectivity index (χ4n) is 7.82. The van der Waals surface area contributed by atoms with E-state index in [1.807, 2.05) is 72.8 Å². The van der Waals surface area contributed by atoms with Gasteiger partial charge in [-0.2, -0.15) is 0 Å². The maximum atomic E-state index is 6.86. The summed E-state index contributed by atoms with van der Waals surface area (Å²) < 4.78 is 13.1. The van der Waals surface area contributed by atoms with Crippen LogP contribution in [0, 0.1) is 0 Å². The van der Waals surface area contributed by atoms with E-state index in [0.717, 1.165) is 105 Å². The third-order valence-electron chi connectivity index (χ3n) is 10.1. The Morgan fingerprint density at radius 3 is 1.94 bits per heavy atom. The Morgan fingerprint density at radius 1 is 0.442 bits per heavy atom. The summed E-state index contributed by atoms with van der Waals surface area (Å²) in [6.45, 7) is 0. The zero-order chi connectivity index (χ0) is 34.2. The van der Waals surface area contributed by atoms with Crippen LogP contribution in [0.5, 0.6) is 0 Å². The van der Waals surface area contributed by atoms with E-state index >= 15 is 0 Å². The molecule has 1 atom stereocenters. The second-order valence-electron chi connectivity index (χ2n) is 13.1. The average molecular weight is 669 g/mol. The van der Waals surface area contributed by atoms with Crippen molar-refractivity contribution in [1.82, 2.24) is 10.3 Å². The summed E-state index contributed by atoms with van der Waals surface area (Å²) in [4.78, 5) is 15.8. The molecule has 0 spiro atoms. The zero-order valence-corrected chi connectivity index (χ0v) is 27.7. The monoisotopic (exact) mass is 668 g/mol. The molecule has 6 heteroatoms. The van der Waals surface area contributed by atoms with Crippen molar-refractivity contribution in [2.75, 3.05) is 0 Å². The molecule has 1 unspecified atom stereocenters. The number of hydrogen-bond donors (Lipinski definition) is 1. The second kappa shape index (κ2) is 11.2. The van der Waals surface area contributed by atoms with E-state index in [9.17, 15) is 0 Å². The highest BCUT2D eigenvalue weighted by atomic mass is 16.3. The third-order valence-corrected chi connectivity index (χ3v) is 10.1. The van der Waals surface area contributed by atoms with Crippen LogP contribution in [-0.2, 0) is 0 Å². The lowest BCUT2D eigenvalue weighted by molar-refractivity contribution is 0.669. The molecular formula is C46H28N4O2. The van der Waals surface area contributed by atoms with Gasteiger partial charge in [-0.15, -0.1) is 0 Å². The first-order chi connectivity index (χ1) is 25.8. The predicted octanol–water partition coefficient (Wildman–Crippen LogP) is 11.3. The number of amidine groups is 2. The van der Waals surface area contributed by atoms with Gasteiger partial charge in [-0.05, 0) is 30.3 Å². The first kappa shape index (κ1) is 28.8. The maximum absolute atomic E-state index is 6.86. The molecule has 10 aromatic rings. The molecule has 4 heterocycles. The molecule has 0 bridgehead atoms. The molecule has 0 saturated heterocycles. The van der Waals surface area contributed by atoms with Crippen LogP contribution in [0.1, 0.15) is 22.9 Å². The maximum Gasteiger partial charge on any atom is 0.170 e. The normalized spacial score (nSPS) is 14.7. The number of rotatable bonds is 4. The van der Waals surface area contributed by atoms with Crippen LogP contribution in [0.25, 0.3) is 76.8 Å². The summed E-state index contributed by atoms with van der Waals surface area (Å²) in [5, 5.41) is 10.8. The van der Waals surface area contributed by atoms with Gasteiger partial charge in [0.15, 0.2) is 6.17 Å². The fourth-order valence-corrected chi connectivity index (χ4v) is 7.82. The van der Waals surface area contributed by atoms with Crippen LogP contribution in [0.3, 0.4) is 0 Å². The Balaban J connectivity index is 1.18. The van der Waals surface area contributed by atoms with Crippen molar-refractivity contribution >= 4 is 77.2 Å². The van der Waals surface area contributed by atoms with Crippen molar-refractivity contribution in [3.8, 4) is 11.3 Å². The number of nitrogens with zero attached hydrogens (tertiary/aromatic N) is 3. The van der Waals surface area contributed by atoms with Gasteiger partial charge >= 0.3 is 0 Å². The van der Waals surface area contributed by atoms with Gasteiger partial charge in [0.05, 0.1) is 11.2 Å². The van der Waals surface area contributed by atoms with Gasteiger partial charge in [0.1, 0.15) is 34.0 Å². The largest absolute Gasteiger partial charge is 0.456 e. The molecule has 1 aliphatic heterocycles. The highest BCUT2D eigenvalue weighted by Crippen LogP contribution is 2.43. The molecule has 0 fully saturated rings. The fraction of sp³-hybridized carbons (Fsp3) is 0.0217. The molecule has 6 nitrogen and oxygen atoms in total. The molecule has 7 aromatic carbocycles. The van der Waals surface area contributed by atoms with E-state index in [-0.39, 0.29) is 0 Å². The van der Waals surface area contributed by atoms with Crippen LogP contribution in [-0.4, -0.2) is 16.7 Å². The van der Waals surface area contributed by atoms with Crippen LogP contribution < -0.4 is 5.32 Å². The Kier molecular flexibility index (Phi) is 6.21. The SMILES string of the molecule is c1ccc(C2=NC(c3cccc4oc5c(ccc6c(-c7ccccc7)nc7ccccc7c65)c34)N=C(c3cccc4oc5ccccc5c34)N2)cc1. The van der Waals surface area contributed by atoms with E-state index in [2.05, 4.69) is 90.2 Å². The Labute approximate surface area is 297 Å². The van der Waals surface area contributed by atoms with Crippen molar-refractivity contribution in [2.45, 2.75) is 6.17 Å². The summed E-state index contributed by atoms with van der Waals surface area (Å²) in [6.07, 6.45) is -0.547. The lowest BCUT2D eigenvalue weighted by Gasteiger charge is -2.23. The minimum atomic E-state index is -0.547. The number of aliphatic imine (C=N–C) groups is 2. The standard InChI is InChI=1S/C46H28N4O2/c1-3-13-27(14-4-1)42-31-25-26-32-40-34(20-12-24-38(40)52-43(32)41(31)29-17-7-9-21-35(29)47-42)46-49-44(28-15-5-2-6-16-28)48-45(50-46)33-19-11-23-37-39(33)30-18-8-10-22-36(30)51-37/h1-26,46H,(H,48,49,50). The minimum absolute atomic E-state index is 0.547. The van der Waals surface area contributed by atoms with E-state index in [0.29, 0.717) is 0 Å². The molecule has 1 N–H and O–H groups in total. The molecule has 3 aromatic heterocycles. The molecule has 52 heavy (non-hydrogen) atoms. The lowest BCUT2D eigenvalue weighted by Crippen LogP contribution is -2.36. The molecule has 244 valence electrons. The number of aromatic nitrogens is 1. The van der Waals surface area contributed by atoms with Gasteiger partial charge in [0.2, 0.25) is 0 Å². The van der Waals surface area contributed by atoms with Crippen LogP contribution in [0.4, 0.5) is 0 Å². The Morgan fingerprint density at radius 2 is 1.10 bits per heavy atom. The number of hydrogen-bond acceptors (Lipinski definition) is 6. The first-order valence-electron chi connectivity index (χ1n) is 17.4. The summed E-state index contributed by atoms with van der Waals surface area (Å²) in [5.74, 6) is 1.48. The third kappa shape index (κ3) is 4.34. The van der Waals surface area contributed by atoms with Gasteiger partial charge in [0.25, 0.3) is 0 Å². The van der Waals surface area contributed by atoms with Gasteiger partial charge < -0.3 is 14.2 Å². The number of furan rings is 2. The summed E-state index contributed by atoms with van der Waals surface area (Å²) in [6, 6.07) is 53.7. The van der Waals surface area contributed by atoms with E-state index in [4.69, 9.17) is 23.8 Å². The zero-order valence-electron chi connectivity index (χ0n) is 27.7. The van der Waals surface area contributed by atoms with E-state index in [1.165, 1.54) is 0 Å². The molecular weight excluding hydrogens is 641 g/mol. The van der Waals surface area contributed by atoms with Crippen molar-refractivity contribution in [1.29, 1.82) is 0 Å². The molecule has 0 aliphatic carbocycles. The van der Waals surface area contributed by atoms with Crippen molar-refractivity contribution in [2.24, 2.45) is 9.98 Å². The Hall–Kier alpha value is -7.05. The molecule has 0 amide bonds. The van der Waals surface area contributed by atoms with Crippen molar-refractivity contribution in [3.63, 3.8) is 0 Å². The molecule has 0 radical (unpaired) electrons. The molecule has 11 rings (SSSR count). The summed E-state index contributed by atoms with van der Waals surface area (Å²) >= 11 is 0. The van der Waals surface area contributed by atoms with Crippen LogP contribution in [0.15, 0.2) is 177 Å². The number of pyridine rings is 1. The smallest absolute Gasteiger partial charge is 0.170 e. The minimum Gasteiger partial charge on any atom is -0.456 e. The van der Waals surface area contributed by atoms with E-state index in [1.54, 1.807) is 0 Å². The highest BCUT2D eigenvalue weighted by molar-refractivity contribution is 6.26. The van der Waals surface area contributed by atoms with Crippen molar-refractivity contribution < 1.29 is 8.83 Å². The lowest BCUT2D eigenvalue weighted by atomic mass is 9.96. The van der Waals surface area contributed by atoms with Gasteiger partial charge in [0, 0.05) is 60.0 Å². The number of fused-ring (bicyclic) bond motifs is 10. The highest BCUT2D eigenvalue weighted by Gasteiger charge is 2.26. The Bertz CT molecular complexity index is 3100. The van der Waals surface area contributed by atoms with Gasteiger partial charge in [-0.3, -0.25) is 0 Å². The topological polar surface area (TPSA) is 75.9 Å². The summed E-state index contributed by atoms with van der Waals surface area (Å²) in [5.41, 5.74) is 9.10. The van der Waals surface area contributed by atoms with Gasteiger partial charge in [-0.1, -0.05) is 127 Å². The van der Waals surface area contributed by atoms with Crippen LogP contribution >= 0.6 is 0 Å². The summed E-state index contributed by atoms with van der Waals surface area (Å²) in [7, 11) is 0. The molecule has 1 aliphatic rings. The number of benzene rings is 7. The van der Waals surface area contributed by atoms with Gasteiger partial charge in [-0.25, -0.2) is 15.0 Å². The van der Waals surface area contributed by atoms with Crippen molar-refractivity contribution in [3.05, 3.63) is 174 Å². The molecule has 0 saturated carbocycles. The first-order valence-corrected chi connectivity index (χ1v) is 17.4. The number of para-hydroxylation sites is 2. The average Bonchev–Trinajstić information content (AvgIpc) is 3.80.